The highest BCUT2D eigenvalue weighted by Gasteiger charge is 2.18. The maximum absolute atomic E-state index is 12.1. The summed E-state index contributed by atoms with van der Waals surface area (Å²) in [4.78, 5) is 15.9. The molecule has 1 aliphatic rings. The standard InChI is InChI=1S/C26H32N8O3S/c1-32(38(2,35)36)24-21(4-3-10-28-24)19-34-13-9-20-18-29-26(31-25(20)34)30-22-5-7-23(8-6-22)37-17-16-33-14-11-27-12-15-33/h3-10,13,18,27H,11-12,14-17,19H2,1-2H3,(H,29,30,31). The van der Waals surface area contributed by atoms with Crippen molar-refractivity contribution in [3.8, 4) is 5.75 Å². The van der Waals surface area contributed by atoms with Gasteiger partial charge in [-0.1, -0.05) is 6.07 Å². The molecule has 2 N–H and O–H groups in total. The fraction of sp³-hybridized carbons (Fsp3) is 0.346. The second-order valence-corrected chi connectivity index (χ2v) is 11.2. The molecule has 5 rings (SSSR count). The molecule has 11 nitrogen and oxygen atoms in total. The Morgan fingerprint density at radius 1 is 1.11 bits per heavy atom. The van der Waals surface area contributed by atoms with Crippen molar-refractivity contribution in [2.45, 2.75) is 6.54 Å². The number of sulfonamides is 1. The second kappa shape index (κ2) is 11.3. The molecule has 0 spiro atoms. The number of aromatic nitrogens is 4. The molecule has 0 unspecified atom stereocenters. The van der Waals surface area contributed by atoms with Crippen LogP contribution < -0.4 is 19.7 Å². The normalized spacial score (nSPS) is 14.5. The lowest BCUT2D eigenvalue weighted by Gasteiger charge is -2.26. The highest BCUT2D eigenvalue weighted by molar-refractivity contribution is 7.92. The molecule has 1 aliphatic heterocycles. The van der Waals surface area contributed by atoms with E-state index in [1.165, 1.54) is 11.4 Å². The first-order valence-corrected chi connectivity index (χ1v) is 14.3. The lowest BCUT2D eigenvalue weighted by molar-refractivity contribution is 0.191. The molecular formula is C26H32N8O3S. The van der Waals surface area contributed by atoms with Crippen LogP contribution in [0.2, 0.25) is 0 Å². The van der Waals surface area contributed by atoms with Crippen LogP contribution in [0.3, 0.4) is 0 Å². The van der Waals surface area contributed by atoms with Gasteiger partial charge in [-0.2, -0.15) is 4.98 Å². The van der Waals surface area contributed by atoms with Crippen LogP contribution in [0.5, 0.6) is 5.75 Å². The van der Waals surface area contributed by atoms with Crippen LogP contribution in [0.15, 0.2) is 61.1 Å². The fourth-order valence-corrected chi connectivity index (χ4v) is 4.81. The van der Waals surface area contributed by atoms with Crippen molar-refractivity contribution < 1.29 is 13.2 Å². The number of hydrogen-bond donors (Lipinski definition) is 2. The maximum Gasteiger partial charge on any atom is 0.233 e. The largest absolute Gasteiger partial charge is 0.492 e. The van der Waals surface area contributed by atoms with Crippen molar-refractivity contribution >= 4 is 38.5 Å². The molecule has 0 bridgehead atoms. The minimum Gasteiger partial charge on any atom is -0.492 e. The van der Waals surface area contributed by atoms with Gasteiger partial charge in [-0.05, 0) is 36.4 Å². The molecule has 200 valence electrons. The van der Waals surface area contributed by atoms with Crippen LogP contribution in [-0.4, -0.2) is 85.5 Å². The molecule has 0 atom stereocenters. The number of nitrogens with one attached hydrogen (secondary N) is 2. The van der Waals surface area contributed by atoms with Gasteiger partial charge in [0.2, 0.25) is 16.0 Å². The van der Waals surface area contributed by atoms with Crippen LogP contribution in [0.25, 0.3) is 11.0 Å². The Labute approximate surface area is 222 Å². The molecular weight excluding hydrogens is 504 g/mol. The first-order chi connectivity index (χ1) is 18.4. The molecule has 4 heterocycles. The fourth-order valence-electron chi connectivity index (χ4n) is 4.33. The quantitative estimate of drug-likeness (QED) is 0.315. The van der Waals surface area contributed by atoms with Gasteiger partial charge < -0.3 is 19.9 Å². The van der Waals surface area contributed by atoms with Crippen molar-refractivity contribution in [1.82, 2.24) is 29.7 Å². The smallest absolute Gasteiger partial charge is 0.233 e. The van der Waals surface area contributed by atoms with Crippen LogP contribution in [-0.2, 0) is 16.6 Å². The number of ether oxygens (including phenoxy) is 1. The topological polar surface area (TPSA) is 118 Å². The Morgan fingerprint density at radius 3 is 2.66 bits per heavy atom. The van der Waals surface area contributed by atoms with E-state index in [2.05, 4.69) is 25.5 Å². The third-order valence-electron chi connectivity index (χ3n) is 6.50. The molecule has 1 saturated heterocycles. The number of rotatable bonds is 10. The Bertz CT molecular complexity index is 1480. The molecule has 0 amide bonds. The van der Waals surface area contributed by atoms with E-state index < -0.39 is 10.0 Å². The number of piperazine rings is 1. The molecule has 38 heavy (non-hydrogen) atoms. The molecule has 3 aromatic heterocycles. The minimum absolute atomic E-state index is 0.388. The number of benzene rings is 1. The van der Waals surface area contributed by atoms with Crippen molar-refractivity contribution in [1.29, 1.82) is 0 Å². The average Bonchev–Trinajstić information content (AvgIpc) is 3.31. The van der Waals surface area contributed by atoms with Crippen molar-refractivity contribution in [3.63, 3.8) is 0 Å². The van der Waals surface area contributed by atoms with E-state index in [0.29, 0.717) is 24.9 Å². The van der Waals surface area contributed by atoms with Gasteiger partial charge in [0.25, 0.3) is 0 Å². The number of pyridine rings is 1. The Kier molecular flexibility index (Phi) is 7.72. The first kappa shape index (κ1) is 25.9. The summed E-state index contributed by atoms with van der Waals surface area (Å²) >= 11 is 0. The van der Waals surface area contributed by atoms with Gasteiger partial charge in [-0.25, -0.2) is 18.4 Å². The van der Waals surface area contributed by atoms with Crippen LogP contribution in [0.4, 0.5) is 17.5 Å². The summed E-state index contributed by atoms with van der Waals surface area (Å²) < 4.78 is 33.2. The van der Waals surface area contributed by atoms with Crippen LogP contribution in [0, 0.1) is 0 Å². The van der Waals surface area contributed by atoms with Gasteiger partial charge in [-0.3, -0.25) is 9.21 Å². The lowest BCUT2D eigenvalue weighted by Crippen LogP contribution is -2.44. The van der Waals surface area contributed by atoms with Gasteiger partial charge >= 0.3 is 0 Å². The summed E-state index contributed by atoms with van der Waals surface area (Å²) in [5, 5.41) is 7.49. The third-order valence-corrected chi connectivity index (χ3v) is 7.67. The Morgan fingerprint density at radius 2 is 1.89 bits per heavy atom. The maximum atomic E-state index is 12.1. The van der Waals surface area contributed by atoms with E-state index in [-0.39, 0.29) is 0 Å². The Balaban J connectivity index is 1.26. The summed E-state index contributed by atoms with van der Waals surface area (Å²) in [7, 11) is -1.94. The lowest BCUT2D eigenvalue weighted by atomic mass is 10.2. The van der Waals surface area contributed by atoms with Gasteiger partial charge in [0, 0.05) is 75.0 Å². The van der Waals surface area contributed by atoms with E-state index in [1.807, 2.05) is 47.2 Å². The third kappa shape index (κ3) is 6.21. The molecule has 0 saturated carbocycles. The molecule has 1 fully saturated rings. The van der Waals surface area contributed by atoms with E-state index in [1.54, 1.807) is 18.5 Å². The van der Waals surface area contributed by atoms with Crippen LogP contribution in [0.1, 0.15) is 5.56 Å². The van der Waals surface area contributed by atoms with E-state index >= 15 is 0 Å². The molecule has 4 aromatic rings. The molecule has 0 radical (unpaired) electrons. The summed E-state index contributed by atoms with van der Waals surface area (Å²) in [6, 6.07) is 13.3. The highest BCUT2D eigenvalue weighted by atomic mass is 32.2. The second-order valence-electron chi connectivity index (χ2n) is 9.22. The average molecular weight is 537 g/mol. The van der Waals surface area contributed by atoms with E-state index in [0.717, 1.165) is 67.0 Å². The summed E-state index contributed by atoms with van der Waals surface area (Å²) in [5.74, 6) is 1.67. The minimum atomic E-state index is -3.44. The monoisotopic (exact) mass is 536 g/mol. The number of nitrogens with zero attached hydrogens (tertiary/aromatic N) is 6. The van der Waals surface area contributed by atoms with Gasteiger partial charge in [0.15, 0.2) is 0 Å². The molecule has 1 aromatic carbocycles. The van der Waals surface area contributed by atoms with Crippen molar-refractivity contribution in [2.75, 3.05) is 62.3 Å². The van der Waals surface area contributed by atoms with Gasteiger partial charge in [0.05, 0.1) is 12.8 Å². The predicted molar refractivity (Wildman–Crippen MR) is 149 cm³/mol. The number of anilines is 3. The van der Waals surface area contributed by atoms with Gasteiger partial charge in [0.1, 0.15) is 23.8 Å². The van der Waals surface area contributed by atoms with Gasteiger partial charge in [-0.15, -0.1) is 0 Å². The number of hydrogen-bond acceptors (Lipinski definition) is 9. The first-order valence-electron chi connectivity index (χ1n) is 12.5. The summed E-state index contributed by atoms with van der Waals surface area (Å²) in [6.45, 7) is 6.15. The highest BCUT2D eigenvalue weighted by Crippen LogP contribution is 2.23. The SMILES string of the molecule is CN(c1ncccc1Cn1ccc2cnc(Nc3ccc(OCCN4CCNCC4)cc3)nc21)S(C)(=O)=O. The van der Waals surface area contributed by atoms with Crippen molar-refractivity contribution in [3.05, 3.63) is 66.6 Å². The number of fused-ring (bicyclic) bond motifs is 1. The predicted octanol–water partition coefficient (Wildman–Crippen LogP) is 2.30. The van der Waals surface area contributed by atoms with Crippen LogP contribution >= 0.6 is 0 Å². The molecule has 0 aliphatic carbocycles. The zero-order valence-electron chi connectivity index (χ0n) is 21.5. The Hall–Kier alpha value is -3.74. The van der Waals surface area contributed by atoms with Crippen molar-refractivity contribution in [2.24, 2.45) is 0 Å². The zero-order chi connectivity index (χ0) is 26.5. The summed E-state index contributed by atoms with van der Waals surface area (Å²) in [5.41, 5.74) is 2.34. The van der Waals surface area contributed by atoms with E-state index in [9.17, 15) is 8.42 Å². The van der Waals surface area contributed by atoms with E-state index in [4.69, 9.17) is 9.72 Å². The zero-order valence-corrected chi connectivity index (χ0v) is 22.4. The summed E-state index contributed by atoms with van der Waals surface area (Å²) in [6.07, 6.45) is 6.42. The molecule has 12 heteroatoms.